The largest absolute Gasteiger partial charge is 0.495 e. The molecule has 4 rings (SSSR count). The van der Waals surface area contributed by atoms with Crippen molar-refractivity contribution < 1.29 is 9.53 Å². The van der Waals surface area contributed by atoms with Gasteiger partial charge in [-0.2, -0.15) is 5.10 Å². The van der Waals surface area contributed by atoms with E-state index in [1.807, 2.05) is 54.9 Å². The Bertz CT molecular complexity index is 1160. The van der Waals surface area contributed by atoms with Crippen LogP contribution in [0.4, 0.5) is 5.69 Å². The maximum atomic E-state index is 12.9. The summed E-state index contributed by atoms with van der Waals surface area (Å²) in [5.74, 6) is 0.317. The van der Waals surface area contributed by atoms with E-state index in [-0.39, 0.29) is 5.91 Å². The van der Waals surface area contributed by atoms with Crippen molar-refractivity contribution in [1.82, 2.24) is 24.5 Å². The predicted molar refractivity (Wildman–Crippen MR) is 109 cm³/mol. The van der Waals surface area contributed by atoms with Crippen molar-refractivity contribution in [2.24, 2.45) is 0 Å². The molecule has 0 bridgehead atoms. The summed E-state index contributed by atoms with van der Waals surface area (Å²) < 4.78 is 8.96. The number of nitrogens with one attached hydrogen (secondary N) is 1. The summed E-state index contributed by atoms with van der Waals surface area (Å²) in [5, 5.41) is 15.0. The molecule has 4 aromatic rings. The Labute approximate surface area is 167 Å². The molecule has 8 nitrogen and oxygen atoms in total. The average molecular weight is 388 g/mol. The third kappa shape index (κ3) is 3.73. The first kappa shape index (κ1) is 18.4. The monoisotopic (exact) mass is 388 g/mol. The van der Waals surface area contributed by atoms with Crippen LogP contribution in [0.3, 0.4) is 0 Å². The Kier molecular flexibility index (Phi) is 4.82. The van der Waals surface area contributed by atoms with Crippen molar-refractivity contribution in [1.29, 1.82) is 0 Å². The molecule has 2 aromatic heterocycles. The Morgan fingerprint density at radius 2 is 1.79 bits per heavy atom. The number of carbonyl (C=O) groups is 1. The Balaban J connectivity index is 1.64. The minimum atomic E-state index is -0.243. The van der Waals surface area contributed by atoms with Crippen LogP contribution < -0.4 is 10.1 Å². The predicted octanol–water partition coefficient (Wildman–Crippen LogP) is 3.33. The molecule has 0 aliphatic rings. The minimum Gasteiger partial charge on any atom is -0.495 e. The van der Waals surface area contributed by atoms with Crippen LogP contribution in [0.1, 0.15) is 21.7 Å². The Morgan fingerprint density at radius 3 is 2.48 bits per heavy atom. The average Bonchev–Trinajstić information content (AvgIpc) is 3.37. The van der Waals surface area contributed by atoms with Gasteiger partial charge in [0.1, 0.15) is 18.4 Å². The van der Waals surface area contributed by atoms with E-state index in [0.717, 1.165) is 22.8 Å². The number of aryl methyl sites for hydroxylation is 2. The second-order valence-electron chi connectivity index (χ2n) is 6.60. The second kappa shape index (κ2) is 7.59. The Hall–Kier alpha value is -3.94. The molecule has 2 aromatic carbocycles. The summed E-state index contributed by atoms with van der Waals surface area (Å²) >= 11 is 0. The molecule has 0 aliphatic heterocycles. The van der Waals surface area contributed by atoms with Crippen LogP contribution in [0.5, 0.6) is 5.75 Å². The van der Waals surface area contributed by atoms with Crippen molar-refractivity contribution >= 4 is 11.6 Å². The quantitative estimate of drug-likeness (QED) is 0.567. The first-order valence-corrected chi connectivity index (χ1v) is 9.03. The fraction of sp³-hybridized carbons (Fsp3) is 0.143. The highest BCUT2D eigenvalue weighted by Gasteiger charge is 2.13. The fourth-order valence-electron chi connectivity index (χ4n) is 3.15. The second-order valence-corrected chi connectivity index (χ2v) is 6.60. The summed E-state index contributed by atoms with van der Waals surface area (Å²) in [4.78, 5) is 12.9. The number of carbonyl (C=O) groups excluding carboxylic acids is 1. The molecular weight excluding hydrogens is 368 g/mol. The zero-order valence-electron chi connectivity index (χ0n) is 16.3. The van der Waals surface area contributed by atoms with E-state index in [9.17, 15) is 4.79 Å². The summed E-state index contributed by atoms with van der Waals surface area (Å²) in [7, 11) is 1.56. The number of hydrogen-bond donors (Lipinski definition) is 1. The van der Waals surface area contributed by atoms with Crippen LogP contribution in [0.15, 0.2) is 61.2 Å². The minimum absolute atomic E-state index is 0.243. The SMILES string of the molecule is COc1ccc(-n2cnnc2)cc1NC(=O)c1cccc(-n2nc(C)cc2C)c1. The molecule has 0 saturated heterocycles. The molecule has 2 heterocycles. The maximum Gasteiger partial charge on any atom is 0.255 e. The lowest BCUT2D eigenvalue weighted by atomic mass is 10.1. The van der Waals surface area contributed by atoms with Gasteiger partial charge in [-0.15, -0.1) is 10.2 Å². The van der Waals surface area contributed by atoms with Gasteiger partial charge in [0.25, 0.3) is 5.91 Å². The zero-order valence-corrected chi connectivity index (χ0v) is 16.3. The number of anilines is 1. The number of hydrogen-bond acceptors (Lipinski definition) is 5. The van der Waals surface area contributed by atoms with Crippen LogP contribution >= 0.6 is 0 Å². The van der Waals surface area contributed by atoms with Crippen molar-refractivity contribution in [2.45, 2.75) is 13.8 Å². The number of benzene rings is 2. The van der Waals surface area contributed by atoms with Crippen LogP contribution in [-0.4, -0.2) is 37.6 Å². The van der Waals surface area contributed by atoms with Gasteiger partial charge < -0.3 is 10.1 Å². The third-order valence-corrected chi connectivity index (χ3v) is 4.51. The van der Waals surface area contributed by atoms with Gasteiger partial charge >= 0.3 is 0 Å². The van der Waals surface area contributed by atoms with Crippen molar-refractivity contribution in [2.75, 3.05) is 12.4 Å². The Morgan fingerprint density at radius 1 is 1.00 bits per heavy atom. The lowest BCUT2D eigenvalue weighted by Gasteiger charge is -2.13. The molecule has 0 fully saturated rings. The van der Waals surface area contributed by atoms with Crippen LogP contribution in [-0.2, 0) is 0 Å². The molecule has 29 heavy (non-hydrogen) atoms. The van der Waals surface area contributed by atoms with Gasteiger partial charge in [-0.05, 0) is 56.3 Å². The number of aromatic nitrogens is 5. The molecule has 1 amide bonds. The van der Waals surface area contributed by atoms with Gasteiger partial charge in [0.15, 0.2) is 0 Å². The molecule has 0 aliphatic carbocycles. The van der Waals surface area contributed by atoms with Crippen LogP contribution in [0.2, 0.25) is 0 Å². The van der Waals surface area contributed by atoms with Gasteiger partial charge in [0.05, 0.1) is 29.9 Å². The van der Waals surface area contributed by atoms with Gasteiger partial charge in [-0.25, -0.2) is 4.68 Å². The van der Waals surface area contributed by atoms with E-state index in [4.69, 9.17) is 4.74 Å². The van der Waals surface area contributed by atoms with Crippen LogP contribution in [0.25, 0.3) is 11.4 Å². The van der Waals surface area contributed by atoms with E-state index in [0.29, 0.717) is 17.0 Å². The fourth-order valence-corrected chi connectivity index (χ4v) is 3.15. The van der Waals surface area contributed by atoms with Gasteiger partial charge in [0.2, 0.25) is 0 Å². The summed E-state index contributed by atoms with van der Waals surface area (Å²) in [6, 6.07) is 14.8. The highest BCUT2D eigenvalue weighted by molar-refractivity contribution is 6.05. The van der Waals surface area contributed by atoms with Crippen molar-refractivity contribution in [3.63, 3.8) is 0 Å². The lowest BCUT2D eigenvalue weighted by Crippen LogP contribution is -2.13. The molecular formula is C21H20N6O2. The highest BCUT2D eigenvalue weighted by atomic mass is 16.5. The van der Waals surface area contributed by atoms with Crippen molar-refractivity contribution in [3.8, 4) is 17.1 Å². The van der Waals surface area contributed by atoms with E-state index >= 15 is 0 Å². The standard InChI is InChI=1S/C21H20N6O2/c1-14-9-15(2)27(25-14)18-6-4-5-16(10-18)21(28)24-19-11-17(7-8-20(19)29-3)26-12-22-23-13-26/h4-13H,1-3H3,(H,24,28). The molecule has 0 atom stereocenters. The topological polar surface area (TPSA) is 86.9 Å². The summed E-state index contributed by atoms with van der Waals surface area (Å²) in [5.41, 5.74) is 4.64. The van der Waals surface area contributed by atoms with Gasteiger partial charge in [-0.3, -0.25) is 9.36 Å². The molecule has 0 unspecified atom stereocenters. The number of methoxy groups -OCH3 is 1. The number of amides is 1. The first-order valence-electron chi connectivity index (χ1n) is 9.03. The van der Waals surface area contributed by atoms with Gasteiger partial charge in [-0.1, -0.05) is 6.07 Å². The molecule has 146 valence electrons. The third-order valence-electron chi connectivity index (χ3n) is 4.51. The van der Waals surface area contributed by atoms with E-state index < -0.39 is 0 Å². The number of rotatable bonds is 5. The smallest absolute Gasteiger partial charge is 0.255 e. The van der Waals surface area contributed by atoms with Crippen molar-refractivity contribution in [3.05, 3.63) is 78.1 Å². The van der Waals surface area contributed by atoms with Gasteiger partial charge in [0, 0.05) is 11.3 Å². The van der Waals surface area contributed by atoms with E-state index in [2.05, 4.69) is 20.6 Å². The molecule has 0 saturated carbocycles. The molecule has 8 heteroatoms. The normalized spacial score (nSPS) is 10.7. The first-order chi connectivity index (χ1) is 14.0. The number of nitrogens with zero attached hydrogens (tertiary/aromatic N) is 5. The molecule has 1 N–H and O–H groups in total. The number of ether oxygens (including phenoxy) is 1. The molecule has 0 spiro atoms. The summed E-state index contributed by atoms with van der Waals surface area (Å²) in [6.45, 7) is 3.92. The highest BCUT2D eigenvalue weighted by Crippen LogP contribution is 2.27. The van der Waals surface area contributed by atoms with Crippen LogP contribution in [0, 0.1) is 13.8 Å². The zero-order chi connectivity index (χ0) is 20.4. The summed E-state index contributed by atoms with van der Waals surface area (Å²) in [6.07, 6.45) is 3.18. The lowest BCUT2D eigenvalue weighted by molar-refractivity contribution is 0.102. The molecule has 0 radical (unpaired) electrons. The van der Waals surface area contributed by atoms with E-state index in [1.54, 1.807) is 36.5 Å². The van der Waals surface area contributed by atoms with E-state index in [1.165, 1.54) is 0 Å². The maximum absolute atomic E-state index is 12.9.